The lowest BCUT2D eigenvalue weighted by Crippen LogP contribution is -2.41. The van der Waals surface area contributed by atoms with Crippen molar-refractivity contribution in [3.63, 3.8) is 0 Å². The fraction of sp³-hybridized carbons (Fsp3) is 1.00. The van der Waals surface area contributed by atoms with Gasteiger partial charge < -0.3 is 14.7 Å². The molecule has 0 bridgehead atoms. The number of likely N-dealkylation sites (N-methyl/N-ethyl adjacent to an activating group) is 1. The predicted octanol–water partition coefficient (Wildman–Crippen LogP) is 1.11. The highest BCUT2D eigenvalue weighted by molar-refractivity contribution is 4.73. The Morgan fingerprint density at radius 2 is 2.00 bits per heavy atom. The molecule has 0 saturated carbocycles. The molecule has 1 unspecified atom stereocenters. The molecule has 1 atom stereocenters. The average molecular weight is 189 g/mol. The number of nitrogens with zero attached hydrogens (tertiary/aromatic N) is 1. The number of methoxy groups -OCH3 is 1. The molecule has 0 amide bonds. The molecule has 0 aliphatic rings. The summed E-state index contributed by atoms with van der Waals surface area (Å²) in [5, 5.41) is 9.59. The van der Waals surface area contributed by atoms with E-state index in [2.05, 4.69) is 11.8 Å². The van der Waals surface area contributed by atoms with Crippen LogP contribution in [0.15, 0.2) is 0 Å². The summed E-state index contributed by atoms with van der Waals surface area (Å²) in [6.45, 7) is 7.26. The summed E-state index contributed by atoms with van der Waals surface area (Å²) in [6.07, 6.45) is 1.00. The summed E-state index contributed by atoms with van der Waals surface area (Å²) in [5.41, 5.74) is -0.615. The summed E-state index contributed by atoms with van der Waals surface area (Å²) in [6, 6.07) is 0.450. The quantitative estimate of drug-likeness (QED) is 0.679. The van der Waals surface area contributed by atoms with Gasteiger partial charge in [-0.1, -0.05) is 0 Å². The minimum absolute atomic E-state index is 0.450. The third-order valence-electron chi connectivity index (χ3n) is 2.13. The van der Waals surface area contributed by atoms with Gasteiger partial charge in [0, 0.05) is 26.3 Å². The summed E-state index contributed by atoms with van der Waals surface area (Å²) >= 11 is 0. The van der Waals surface area contributed by atoms with E-state index in [1.165, 1.54) is 0 Å². The van der Waals surface area contributed by atoms with Gasteiger partial charge in [-0.3, -0.25) is 0 Å². The Hall–Kier alpha value is -0.120. The molecule has 0 aromatic heterocycles. The fourth-order valence-corrected chi connectivity index (χ4v) is 1.27. The van der Waals surface area contributed by atoms with Gasteiger partial charge in [-0.15, -0.1) is 0 Å². The first-order chi connectivity index (χ1) is 5.87. The molecule has 0 aromatic carbocycles. The van der Waals surface area contributed by atoms with Gasteiger partial charge in [0.15, 0.2) is 0 Å². The van der Waals surface area contributed by atoms with Crippen molar-refractivity contribution in [2.75, 3.05) is 27.3 Å². The molecule has 3 nitrogen and oxygen atoms in total. The highest BCUT2D eigenvalue weighted by Gasteiger charge is 2.18. The average Bonchev–Trinajstić information content (AvgIpc) is 1.96. The lowest BCUT2D eigenvalue weighted by molar-refractivity contribution is 0.0286. The Balaban J connectivity index is 3.75. The zero-order valence-corrected chi connectivity index (χ0v) is 9.50. The van der Waals surface area contributed by atoms with Gasteiger partial charge in [-0.2, -0.15) is 0 Å². The molecule has 0 fully saturated rings. The van der Waals surface area contributed by atoms with Crippen molar-refractivity contribution in [1.82, 2.24) is 4.90 Å². The van der Waals surface area contributed by atoms with Crippen molar-refractivity contribution in [3.8, 4) is 0 Å². The molecule has 0 radical (unpaired) electrons. The molecule has 13 heavy (non-hydrogen) atoms. The Labute approximate surface area is 81.7 Å². The molecule has 3 heteroatoms. The van der Waals surface area contributed by atoms with E-state index in [4.69, 9.17) is 4.74 Å². The first kappa shape index (κ1) is 12.9. The summed E-state index contributed by atoms with van der Waals surface area (Å²) in [4.78, 5) is 2.15. The molecule has 1 N–H and O–H groups in total. The van der Waals surface area contributed by atoms with Gasteiger partial charge in [0.25, 0.3) is 0 Å². The first-order valence-corrected chi connectivity index (χ1v) is 4.78. The van der Waals surface area contributed by atoms with Gasteiger partial charge in [-0.05, 0) is 34.2 Å². The molecule has 0 rings (SSSR count). The summed E-state index contributed by atoms with van der Waals surface area (Å²) in [7, 11) is 3.74. The standard InChI is InChI=1S/C10H23NO2/c1-9(6-7-13-5)11(4)8-10(2,3)12/h9,12H,6-8H2,1-5H3. The van der Waals surface area contributed by atoms with Crippen molar-refractivity contribution >= 4 is 0 Å². The van der Waals surface area contributed by atoms with Crippen LogP contribution in [-0.4, -0.2) is 49.0 Å². The van der Waals surface area contributed by atoms with Crippen LogP contribution in [0.25, 0.3) is 0 Å². The van der Waals surface area contributed by atoms with Crippen LogP contribution >= 0.6 is 0 Å². The van der Waals surface area contributed by atoms with E-state index in [-0.39, 0.29) is 0 Å². The Kier molecular flexibility index (Phi) is 5.53. The van der Waals surface area contributed by atoms with Gasteiger partial charge in [-0.25, -0.2) is 0 Å². The van der Waals surface area contributed by atoms with Crippen molar-refractivity contribution in [2.24, 2.45) is 0 Å². The topological polar surface area (TPSA) is 32.7 Å². The Morgan fingerprint density at radius 1 is 1.46 bits per heavy atom. The largest absolute Gasteiger partial charge is 0.389 e. The minimum atomic E-state index is -0.615. The van der Waals surface area contributed by atoms with Crippen LogP contribution in [0.2, 0.25) is 0 Å². The maximum Gasteiger partial charge on any atom is 0.0718 e. The Bertz CT molecular complexity index is 131. The van der Waals surface area contributed by atoms with Gasteiger partial charge in [0.2, 0.25) is 0 Å². The Morgan fingerprint density at radius 3 is 2.38 bits per heavy atom. The van der Waals surface area contributed by atoms with Crippen molar-refractivity contribution in [3.05, 3.63) is 0 Å². The molecular weight excluding hydrogens is 166 g/mol. The maximum atomic E-state index is 9.59. The smallest absolute Gasteiger partial charge is 0.0718 e. The number of hydrogen-bond donors (Lipinski definition) is 1. The zero-order chi connectivity index (χ0) is 10.5. The van der Waals surface area contributed by atoms with Crippen LogP contribution in [0.3, 0.4) is 0 Å². The highest BCUT2D eigenvalue weighted by atomic mass is 16.5. The second-order valence-electron chi connectivity index (χ2n) is 4.36. The van der Waals surface area contributed by atoms with E-state index in [1.54, 1.807) is 7.11 Å². The number of hydrogen-bond acceptors (Lipinski definition) is 3. The molecule has 80 valence electrons. The molecular formula is C10H23NO2. The molecule has 0 aliphatic carbocycles. The molecule has 0 aromatic rings. The van der Waals surface area contributed by atoms with E-state index in [0.717, 1.165) is 13.0 Å². The second kappa shape index (κ2) is 5.58. The van der Waals surface area contributed by atoms with E-state index in [9.17, 15) is 5.11 Å². The third-order valence-corrected chi connectivity index (χ3v) is 2.13. The van der Waals surface area contributed by atoms with E-state index >= 15 is 0 Å². The SMILES string of the molecule is COCCC(C)N(C)CC(C)(C)O. The third kappa shape index (κ3) is 6.99. The van der Waals surface area contributed by atoms with Crippen LogP contribution in [0.1, 0.15) is 27.2 Å². The van der Waals surface area contributed by atoms with Crippen molar-refractivity contribution in [2.45, 2.75) is 38.8 Å². The van der Waals surface area contributed by atoms with Crippen LogP contribution in [-0.2, 0) is 4.74 Å². The van der Waals surface area contributed by atoms with Gasteiger partial charge >= 0.3 is 0 Å². The summed E-state index contributed by atoms with van der Waals surface area (Å²) < 4.78 is 5.00. The summed E-state index contributed by atoms with van der Waals surface area (Å²) in [5.74, 6) is 0. The first-order valence-electron chi connectivity index (χ1n) is 4.78. The van der Waals surface area contributed by atoms with Crippen LogP contribution < -0.4 is 0 Å². The lowest BCUT2D eigenvalue weighted by atomic mass is 10.1. The molecule has 0 saturated heterocycles. The van der Waals surface area contributed by atoms with Crippen LogP contribution in [0.4, 0.5) is 0 Å². The lowest BCUT2D eigenvalue weighted by Gasteiger charge is -2.30. The number of aliphatic hydroxyl groups is 1. The molecule has 0 heterocycles. The van der Waals surface area contributed by atoms with Crippen LogP contribution in [0, 0.1) is 0 Å². The number of ether oxygens (including phenoxy) is 1. The van der Waals surface area contributed by atoms with Crippen molar-refractivity contribution < 1.29 is 9.84 Å². The van der Waals surface area contributed by atoms with Gasteiger partial charge in [0.1, 0.15) is 0 Å². The molecule has 0 aliphatic heterocycles. The predicted molar refractivity (Wildman–Crippen MR) is 54.9 cm³/mol. The van der Waals surface area contributed by atoms with Crippen LogP contribution in [0.5, 0.6) is 0 Å². The normalized spacial score (nSPS) is 15.0. The zero-order valence-electron chi connectivity index (χ0n) is 9.50. The van der Waals surface area contributed by atoms with E-state index in [1.807, 2.05) is 20.9 Å². The van der Waals surface area contributed by atoms with Gasteiger partial charge in [0.05, 0.1) is 5.60 Å². The number of rotatable bonds is 6. The second-order valence-corrected chi connectivity index (χ2v) is 4.36. The highest BCUT2D eigenvalue weighted by Crippen LogP contribution is 2.08. The van der Waals surface area contributed by atoms with E-state index < -0.39 is 5.60 Å². The molecule has 0 spiro atoms. The maximum absolute atomic E-state index is 9.59. The fourth-order valence-electron chi connectivity index (χ4n) is 1.27. The van der Waals surface area contributed by atoms with E-state index in [0.29, 0.717) is 12.6 Å². The van der Waals surface area contributed by atoms with Crippen molar-refractivity contribution in [1.29, 1.82) is 0 Å². The minimum Gasteiger partial charge on any atom is -0.389 e. The monoisotopic (exact) mass is 189 g/mol.